The SMILES string of the molecule is O=C(COc1ccc(C2c3sc(=O)[nH]c3SC3C(=O)N(c4cccc(C(F)(F)F)c4)C(=O)C32)cc1)Nc1ccc(Cl)cc1. The predicted molar refractivity (Wildman–Crippen MR) is 156 cm³/mol. The van der Waals surface area contributed by atoms with Crippen LogP contribution in [-0.2, 0) is 20.6 Å². The van der Waals surface area contributed by atoms with E-state index in [4.69, 9.17) is 16.3 Å². The van der Waals surface area contributed by atoms with Crippen molar-refractivity contribution in [1.82, 2.24) is 4.98 Å². The van der Waals surface area contributed by atoms with Crippen molar-refractivity contribution < 1.29 is 32.3 Å². The second-order valence-corrected chi connectivity index (χ2v) is 12.3. The fraction of sp³-hybridized carbons (Fsp3) is 0.172. The molecule has 220 valence electrons. The minimum absolute atomic E-state index is 0.170. The van der Waals surface area contributed by atoms with Gasteiger partial charge in [0.25, 0.3) is 5.91 Å². The molecule has 0 bridgehead atoms. The lowest BCUT2D eigenvalue weighted by atomic mass is 9.83. The fourth-order valence-corrected chi connectivity index (χ4v) is 7.74. The molecule has 4 aromatic rings. The average Bonchev–Trinajstić information content (AvgIpc) is 3.47. The molecule has 3 atom stereocenters. The van der Waals surface area contributed by atoms with Crippen LogP contribution in [0.5, 0.6) is 5.75 Å². The van der Waals surface area contributed by atoms with E-state index in [1.807, 2.05) is 0 Å². The number of rotatable bonds is 6. The molecule has 2 aliphatic heterocycles. The van der Waals surface area contributed by atoms with E-state index < -0.39 is 46.5 Å². The molecule has 8 nitrogen and oxygen atoms in total. The quantitative estimate of drug-likeness (QED) is 0.252. The maximum Gasteiger partial charge on any atom is 0.416 e. The van der Waals surface area contributed by atoms with Gasteiger partial charge >= 0.3 is 11.0 Å². The molecule has 43 heavy (non-hydrogen) atoms. The number of hydrogen-bond acceptors (Lipinski definition) is 7. The number of ether oxygens (including phenoxy) is 1. The summed E-state index contributed by atoms with van der Waals surface area (Å²) in [7, 11) is 0. The van der Waals surface area contributed by atoms with Gasteiger partial charge in [0.1, 0.15) is 11.0 Å². The van der Waals surface area contributed by atoms with Crippen molar-refractivity contribution in [2.24, 2.45) is 5.92 Å². The number of aromatic nitrogens is 1. The third-order valence-electron chi connectivity index (χ3n) is 6.99. The number of imide groups is 1. The standard InChI is InChI=1S/C29H19ClF3N3O5S2/c30-16-6-8-17(9-7-16)34-20(37)13-41-19-10-4-14(5-11-19)21-22-24(42-25-23(21)43-28(40)35-25)27(39)36(26(22)38)18-3-1-2-15(12-18)29(31,32)33/h1-12,21-22,24H,13H2,(H,34,37)(H,35,40). The molecule has 1 aromatic heterocycles. The molecule has 1 fully saturated rings. The minimum atomic E-state index is -4.66. The molecule has 2 aliphatic rings. The average molecular weight is 646 g/mol. The first-order valence-corrected chi connectivity index (χ1v) is 14.8. The molecular weight excluding hydrogens is 627 g/mol. The summed E-state index contributed by atoms with van der Waals surface area (Å²) in [5.41, 5.74) is -0.00673. The molecule has 0 saturated carbocycles. The van der Waals surface area contributed by atoms with Gasteiger partial charge in [0, 0.05) is 21.5 Å². The summed E-state index contributed by atoms with van der Waals surface area (Å²) < 4.78 is 45.8. The summed E-state index contributed by atoms with van der Waals surface area (Å²) in [4.78, 5) is 55.6. The smallest absolute Gasteiger partial charge is 0.416 e. The highest BCUT2D eigenvalue weighted by Crippen LogP contribution is 2.53. The molecular formula is C29H19ClF3N3O5S2. The van der Waals surface area contributed by atoms with Gasteiger partial charge < -0.3 is 15.0 Å². The van der Waals surface area contributed by atoms with E-state index in [9.17, 15) is 32.3 Å². The number of thiazole rings is 1. The van der Waals surface area contributed by atoms with Crippen LogP contribution < -0.4 is 19.8 Å². The summed E-state index contributed by atoms with van der Waals surface area (Å²) in [5, 5.41) is 2.69. The van der Waals surface area contributed by atoms with Crippen molar-refractivity contribution in [3.63, 3.8) is 0 Å². The Bertz CT molecular complexity index is 1790. The molecule has 1 saturated heterocycles. The van der Waals surface area contributed by atoms with Crippen LogP contribution in [0.3, 0.4) is 0 Å². The van der Waals surface area contributed by atoms with E-state index in [1.54, 1.807) is 48.5 Å². The third-order valence-corrected chi connectivity index (χ3v) is 9.65. The van der Waals surface area contributed by atoms with Crippen molar-refractivity contribution >= 4 is 63.8 Å². The number of benzene rings is 3. The van der Waals surface area contributed by atoms with E-state index in [0.717, 1.165) is 46.2 Å². The zero-order valence-corrected chi connectivity index (χ0v) is 24.1. The monoisotopic (exact) mass is 645 g/mol. The molecule has 6 rings (SSSR count). The largest absolute Gasteiger partial charge is 0.484 e. The summed E-state index contributed by atoms with van der Waals surface area (Å²) in [6.07, 6.45) is -4.66. The van der Waals surface area contributed by atoms with E-state index in [0.29, 0.717) is 31.9 Å². The van der Waals surface area contributed by atoms with Crippen LogP contribution >= 0.6 is 34.7 Å². The van der Waals surface area contributed by atoms with Gasteiger partial charge in [-0.25, -0.2) is 4.90 Å². The number of alkyl halides is 3. The van der Waals surface area contributed by atoms with Gasteiger partial charge in [0.15, 0.2) is 6.61 Å². The highest BCUT2D eigenvalue weighted by Gasteiger charge is 2.56. The lowest BCUT2D eigenvalue weighted by molar-refractivity contribution is -0.137. The van der Waals surface area contributed by atoms with Crippen LogP contribution in [0.1, 0.15) is 21.9 Å². The molecule has 3 aromatic carbocycles. The van der Waals surface area contributed by atoms with Crippen molar-refractivity contribution in [1.29, 1.82) is 0 Å². The van der Waals surface area contributed by atoms with Gasteiger partial charge in [-0.1, -0.05) is 52.9 Å². The third kappa shape index (κ3) is 5.67. The molecule has 0 radical (unpaired) electrons. The summed E-state index contributed by atoms with van der Waals surface area (Å²) in [5.74, 6) is -3.04. The van der Waals surface area contributed by atoms with Crippen LogP contribution in [0.25, 0.3) is 0 Å². The first-order valence-electron chi connectivity index (χ1n) is 12.7. The summed E-state index contributed by atoms with van der Waals surface area (Å²) in [6.45, 7) is -0.282. The van der Waals surface area contributed by atoms with E-state index in [1.165, 1.54) is 6.07 Å². The molecule has 2 N–H and O–H groups in total. The van der Waals surface area contributed by atoms with E-state index >= 15 is 0 Å². The number of thioether (sulfide) groups is 1. The Labute approximate surface area is 254 Å². The minimum Gasteiger partial charge on any atom is -0.484 e. The normalized spacial score (nSPS) is 19.6. The van der Waals surface area contributed by atoms with Gasteiger partial charge in [-0.05, 0) is 60.2 Å². The number of nitrogens with one attached hydrogen (secondary N) is 2. The number of H-pyrrole nitrogens is 1. The topological polar surface area (TPSA) is 109 Å². The zero-order chi connectivity index (χ0) is 30.5. The number of halogens is 4. The Hall–Kier alpha value is -4.07. The molecule has 0 spiro atoms. The number of anilines is 2. The molecule has 3 unspecified atom stereocenters. The summed E-state index contributed by atoms with van der Waals surface area (Å²) >= 11 is 7.80. The van der Waals surface area contributed by atoms with Crippen LogP contribution in [0.4, 0.5) is 24.5 Å². The number of hydrogen-bond donors (Lipinski definition) is 2. The van der Waals surface area contributed by atoms with E-state index in [-0.39, 0.29) is 17.2 Å². The lowest BCUT2D eigenvalue weighted by Crippen LogP contribution is -2.32. The maximum atomic E-state index is 13.8. The van der Waals surface area contributed by atoms with E-state index in [2.05, 4.69) is 10.3 Å². The van der Waals surface area contributed by atoms with Crippen molar-refractivity contribution in [2.45, 2.75) is 22.4 Å². The number of amides is 3. The molecule has 3 amide bonds. The number of fused-ring (bicyclic) bond motifs is 2. The maximum absolute atomic E-state index is 13.8. The molecule has 14 heteroatoms. The van der Waals surface area contributed by atoms with Gasteiger partial charge in [0.2, 0.25) is 11.8 Å². The Kier molecular flexibility index (Phi) is 7.57. The molecule has 0 aliphatic carbocycles. The van der Waals surface area contributed by atoms with Crippen LogP contribution in [0.15, 0.2) is 82.6 Å². The number of carbonyl (C=O) groups excluding carboxylic acids is 3. The summed E-state index contributed by atoms with van der Waals surface area (Å²) in [6, 6.07) is 17.2. The first kappa shape index (κ1) is 29.0. The first-order chi connectivity index (χ1) is 20.5. The van der Waals surface area contributed by atoms with Crippen molar-refractivity contribution in [2.75, 3.05) is 16.8 Å². The van der Waals surface area contributed by atoms with Crippen LogP contribution in [-0.4, -0.2) is 34.6 Å². The lowest BCUT2D eigenvalue weighted by Gasteiger charge is -2.29. The number of nitrogens with zero attached hydrogens (tertiary/aromatic N) is 1. The van der Waals surface area contributed by atoms with Gasteiger partial charge in [-0.15, -0.1) is 0 Å². The Balaban J connectivity index is 1.25. The second kappa shape index (κ2) is 11.2. The Morgan fingerprint density at radius 1 is 1.00 bits per heavy atom. The number of carbonyl (C=O) groups is 3. The van der Waals surface area contributed by atoms with Crippen LogP contribution in [0, 0.1) is 5.92 Å². The van der Waals surface area contributed by atoms with Gasteiger partial charge in [-0.3, -0.25) is 19.2 Å². The van der Waals surface area contributed by atoms with Gasteiger partial charge in [-0.2, -0.15) is 13.2 Å². The second-order valence-electron chi connectivity index (χ2n) is 9.72. The molecule has 3 heterocycles. The van der Waals surface area contributed by atoms with Crippen molar-refractivity contribution in [3.05, 3.63) is 103 Å². The highest BCUT2D eigenvalue weighted by atomic mass is 35.5. The Morgan fingerprint density at radius 2 is 1.72 bits per heavy atom. The van der Waals surface area contributed by atoms with Gasteiger partial charge in [0.05, 0.1) is 22.2 Å². The van der Waals surface area contributed by atoms with Crippen molar-refractivity contribution in [3.8, 4) is 5.75 Å². The Morgan fingerprint density at radius 3 is 2.42 bits per heavy atom. The predicted octanol–water partition coefficient (Wildman–Crippen LogP) is 5.92. The zero-order valence-electron chi connectivity index (χ0n) is 21.7. The van der Waals surface area contributed by atoms with Crippen LogP contribution in [0.2, 0.25) is 5.02 Å². The number of aromatic amines is 1. The highest BCUT2D eigenvalue weighted by molar-refractivity contribution is 8.00. The fourth-order valence-electron chi connectivity index (χ4n) is 5.10.